The van der Waals surface area contributed by atoms with Gasteiger partial charge in [-0.1, -0.05) is 39.0 Å². The van der Waals surface area contributed by atoms with Crippen molar-refractivity contribution in [1.82, 2.24) is 10.2 Å². The summed E-state index contributed by atoms with van der Waals surface area (Å²) in [4.78, 5) is 25.4. The predicted molar refractivity (Wildman–Crippen MR) is 87.5 cm³/mol. The van der Waals surface area contributed by atoms with Gasteiger partial charge in [0.2, 0.25) is 11.8 Å². The van der Waals surface area contributed by atoms with Crippen LogP contribution in [0.3, 0.4) is 0 Å². The van der Waals surface area contributed by atoms with Crippen LogP contribution in [0.15, 0.2) is 18.2 Å². The topological polar surface area (TPSA) is 49.4 Å². The summed E-state index contributed by atoms with van der Waals surface area (Å²) in [6.45, 7) is 11.1. The number of benzene rings is 1. The molecule has 0 radical (unpaired) electrons. The normalized spacial score (nSPS) is 16.0. The van der Waals surface area contributed by atoms with Gasteiger partial charge in [-0.2, -0.15) is 0 Å². The Balaban J connectivity index is 2.16. The van der Waals surface area contributed by atoms with Crippen LogP contribution in [0.2, 0.25) is 0 Å². The third-order valence-corrected chi connectivity index (χ3v) is 4.19. The second-order valence-electron chi connectivity index (χ2n) is 7.17. The van der Waals surface area contributed by atoms with Gasteiger partial charge in [0, 0.05) is 20.0 Å². The summed E-state index contributed by atoms with van der Waals surface area (Å²) in [6, 6.07) is 6.13. The van der Waals surface area contributed by atoms with Crippen molar-refractivity contribution in [3.8, 4) is 0 Å². The first kappa shape index (κ1) is 16.5. The van der Waals surface area contributed by atoms with E-state index in [9.17, 15) is 9.59 Å². The van der Waals surface area contributed by atoms with Crippen molar-refractivity contribution in [2.24, 2.45) is 0 Å². The van der Waals surface area contributed by atoms with Crippen LogP contribution in [0.5, 0.6) is 0 Å². The van der Waals surface area contributed by atoms with Crippen molar-refractivity contribution in [2.75, 3.05) is 6.54 Å². The molecule has 0 fully saturated rings. The maximum atomic E-state index is 12.4. The van der Waals surface area contributed by atoms with Crippen LogP contribution < -0.4 is 5.32 Å². The smallest absolute Gasteiger partial charge is 0.245 e. The lowest BCUT2D eigenvalue weighted by Crippen LogP contribution is -2.47. The molecule has 1 unspecified atom stereocenters. The first-order chi connectivity index (χ1) is 10.2. The fourth-order valence-electron chi connectivity index (χ4n) is 2.85. The Hall–Kier alpha value is -1.84. The van der Waals surface area contributed by atoms with Crippen LogP contribution in [-0.2, 0) is 28.0 Å². The number of nitrogens with one attached hydrogen (secondary N) is 1. The lowest BCUT2D eigenvalue weighted by Gasteiger charge is -2.32. The fraction of sp³-hybridized carbons (Fsp3) is 0.556. The van der Waals surface area contributed by atoms with E-state index in [0.29, 0.717) is 13.1 Å². The van der Waals surface area contributed by atoms with Crippen LogP contribution in [0.4, 0.5) is 0 Å². The number of hydrogen-bond donors (Lipinski definition) is 1. The molecule has 4 nitrogen and oxygen atoms in total. The van der Waals surface area contributed by atoms with Gasteiger partial charge in [-0.25, -0.2) is 0 Å². The second kappa shape index (κ2) is 6.11. The molecule has 120 valence electrons. The summed E-state index contributed by atoms with van der Waals surface area (Å²) in [7, 11) is 0. The van der Waals surface area contributed by atoms with Gasteiger partial charge in [0.15, 0.2) is 0 Å². The Morgan fingerprint density at radius 1 is 1.23 bits per heavy atom. The molecule has 0 saturated carbocycles. The molecule has 0 spiro atoms. The molecule has 2 rings (SSSR count). The molecule has 1 atom stereocenters. The van der Waals surface area contributed by atoms with Crippen LogP contribution in [0.1, 0.15) is 51.3 Å². The first-order valence-corrected chi connectivity index (χ1v) is 7.86. The largest absolute Gasteiger partial charge is 0.345 e. The molecule has 1 aromatic rings. The summed E-state index contributed by atoms with van der Waals surface area (Å²) in [5.41, 5.74) is 3.94. The molecule has 22 heavy (non-hydrogen) atoms. The predicted octanol–water partition coefficient (Wildman–Crippen LogP) is 2.39. The van der Waals surface area contributed by atoms with Crippen LogP contribution in [-0.4, -0.2) is 29.3 Å². The van der Waals surface area contributed by atoms with Crippen LogP contribution in [0.25, 0.3) is 0 Å². The van der Waals surface area contributed by atoms with Crippen molar-refractivity contribution >= 4 is 11.8 Å². The Morgan fingerprint density at radius 2 is 1.91 bits per heavy atom. The van der Waals surface area contributed by atoms with Gasteiger partial charge in [-0.3, -0.25) is 9.59 Å². The van der Waals surface area contributed by atoms with E-state index >= 15 is 0 Å². The van der Waals surface area contributed by atoms with Crippen molar-refractivity contribution in [1.29, 1.82) is 0 Å². The van der Waals surface area contributed by atoms with Crippen LogP contribution >= 0.6 is 0 Å². The van der Waals surface area contributed by atoms with Gasteiger partial charge in [0.05, 0.1) is 0 Å². The molecular weight excluding hydrogens is 276 g/mol. The Labute approximate surface area is 132 Å². The van der Waals surface area contributed by atoms with Crippen molar-refractivity contribution < 1.29 is 9.59 Å². The Kier molecular flexibility index (Phi) is 4.59. The minimum atomic E-state index is -0.468. The molecule has 0 saturated heterocycles. The standard InChI is InChI=1S/C18H26N2O2/c1-12(19-13(2)21)17(22)20-9-8-14-6-7-16(18(3,4)5)10-15(14)11-20/h6-7,10,12H,8-9,11H2,1-5H3,(H,19,21). The summed E-state index contributed by atoms with van der Waals surface area (Å²) in [5, 5.41) is 2.67. The fourth-order valence-corrected chi connectivity index (χ4v) is 2.85. The summed E-state index contributed by atoms with van der Waals surface area (Å²) < 4.78 is 0. The molecule has 0 aliphatic carbocycles. The first-order valence-electron chi connectivity index (χ1n) is 7.86. The molecule has 1 aliphatic rings. The average Bonchev–Trinajstić information content (AvgIpc) is 2.43. The monoisotopic (exact) mass is 302 g/mol. The number of nitrogens with zero attached hydrogens (tertiary/aromatic N) is 1. The van der Waals surface area contributed by atoms with Gasteiger partial charge in [0.25, 0.3) is 0 Å². The summed E-state index contributed by atoms with van der Waals surface area (Å²) >= 11 is 0. The highest BCUT2D eigenvalue weighted by Crippen LogP contribution is 2.27. The van der Waals surface area contributed by atoms with Gasteiger partial charge < -0.3 is 10.2 Å². The molecule has 1 aromatic carbocycles. The van der Waals surface area contributed by atoms with E-state index in [1.54, 1.807) is 6.92 Å². The van der Waals surface area contributed by atoms with E-state index in [-0.39, 0.29) is 17.2 Å². The molecule has 1 aliphatic heterocycles. The molecule has 0 aromatic heterocycles. The maximum absolute atomic E-state index is 12.4. The molecule has 1 heterocycles. The zero-order chi connectivity index (χ0) is 16.5. The van der Waals surface area contributed by atoms with Crippen LogP contribution in [0, 0.1) is 0 Å². The zero-order valence-corrected chi connectivity index (χ0v) is 14.2. The lowest BCUT2D eigenvalue weighted by atomic mass is 9.84. The summed E-state index contributed by atoms with van der Waals surface area (Å²) in [6.07, 6.45) is 0.873. The van der Waals surface area contributed by atoms with E-state index < -0.39 is 6.04 Å². The SMILES string of the molecule is CC(=O)NC(C)C(=O)N1CCc2ccc(C(C)(C)C)cc2C1. The zero-order valence-electron chi connectivity index (χ0n) is 14.2. The maximum Gasteiger partial charge on any atom is 0.245 e. The number of amides is 2. The Bertz CT molecular complexity index is 587. The van der Waals surface area contributed by atoms with Gasteiger partial charge in [-0.05, 0) is 35.4 Å². The van der Waals surface area contributed by atoms with Gasteiger partial charge in [0.1, 0.15) is 6.04 Å². The number of carbonyl (C=O) groups is 2. The lowest BCUT2D eigenvalue weighted by molar-refractivity contribution is -0.136. The molecule has 4 heteroatoms. The molecule has 2 amide bonds. The number of hydrogen-bond acceptors (Lipinski definition) is 2. The molecule has 1 N–H and O–H groups in total. The third-order valence-electron chi connectivity index (χ3n) is 4.19. The highest BCUT2D eigenvalue weighted by molar-refractivity contribution is 5.86. The molecular formula is C18H26N2O2. The van der Waals surface area contributed by atoms with E-state index in [2.05, 4.69) is 44.3 Å². The van der Waals surface area contributed by atoms with Crippen molar-refractivity contribution in [3.05, 3.63) is 34.9 Å². The van der Waals surface area contributed by atoms with E-state index in [1.165, 1.54) is 23.6 Å². The highest BCUT2D eigenvalue weighted by Gasteiger charge is 2.26. The van der Waals surface area contributed by atoms with E-state index in [1.807, 2.05) is 4.90 Å². The number of rotatable bonds is 2. The minimum Gasteiger partial charge on any atom is -0.345 e. The quantitative estimate of drug-likeness (QED) is 0.912. The number of fused-ring (bicyclic) bond motifs is 1. The average molecular weight is 302 g/mol. The minimum absolute atomic E-state index is 0.0120. The van der Waals surface area contributed by atoms with E-state index in [0.717, 1.165) is 6.42 Å². The second-order valence-corrected chi connectivity index (χ2v) is 7.17. The third kappa shape index (κ3) is 3.67. The number of carbonyl (C=O) groups excluding carboxylic acids is 2. The summed E-state index contributed by atoms with van der Waals surface area (Å²) in [5.74, 6) is -0.185. The Morgan fingerprint density at radius 3 is 2.50 bits per heavy atom. The van der Waals surface area contributed by atoms with E-state index in [4.69, 9.17) is 0 Å². The van der Waals surface area contributed by atoms with Crippen molar-refractivity contribution in [2.45, 2.75) is 59.0 Å². The van der Waals surface area contributed by atoms with Gasteiger partial charge in [-0.15, -0.1) is 0 Å². The van der Waals surface area contributed by atoms with Crippen molar-refractivity contribution in [3.63, 3.8) is 0 Å². The molecule has 0 bridgehead atoms. The van der Waals surface area contributed by atoms with Gasteiger partial charge >= 0.3 is 0 Å². The highest BCUT2D eigenvalue weighted by atomic mass is 16.2.